The molecule has 4 N–H and O–H groups in total. The van der Waals surface area contributed by atoms with Gasteiger partial charge in [0.15, 0.2) is 5.69 Å². The summed E-state index contributed by atoms with van der Waals surface area (Å²) in [4.78, 5) is 15.0. The van der Waals surface area contributed by atoms with Crippen LogP contribution in [0.3, 0.4) is 0 Å². The van der Waals surface area contributed by atoms with Crippen molar-refractivity contribution in [3.63, 3.8) is 0 Å². The topological polar surface area (TPSA) is 122 Å². The first kappa shape index (κ1) is 14.2. The van der Waals surface area contributed by atoms with Gasteiger partial charge in [-0.3, -0.25) is 0 Å². The standard InChI is InChI=1S/C12H13N3O4S/c13-20(18,19)6-5-14-10-7-11(12(16)17)15-9-4-2-1-3-8(9)10/h1-4,7H,5-6H2,(H,14,15)(H,16,17)(H2,13,18,19). The Bertz CT molecular complexity index is 758. The number of aromatic carboxylic acids is 1. The molecule has 2 rings (SSSR count). The fourth-order valence-electron chi connectivity index (χ4n) is 1.76. The number of fused-ring (bicyclic) bond motifs is 1. The van der Waals surface area contributed by atoms with Gasteiger partial charge in [-0.05, 0) is 12.1 Å². The zero-order valence-electron chi connectivity index (χ0n) is 10.4. The highest BCUT2D eigenvalue weighted by atomic mass is 32.2. The summed E-state index contributed by atoms with van der Waals surface area (Å²) in [7, 11) is -3.57. The maximum absolute atomic E-state index is 11.0. The van der Waals surface area contributed by atoms with E-state index in [1.807, 2.05) is 0 Å². The average molecular weight is 295 g/mol. The van der Waals surface area contributed by atoms with E-state index < -0.39 is 16.0 Å². The van der Waals surface area contributed by atoms with Gasteiger partial charge in [-0.15, -0.1) is 0 Å². The van der Waals surface area contributed by atoms with Crippen molar-refractivity contribution in [2.45, 2.75) is 0 Å². The second-order valence-electron chi connectivity index (χ2n) is 4.17. The molecule has 1 heterocycles. The number of sulfonamides is 1. The molecule has 2 aromatic rings. The van der Waals surface area contributed by atoms with Gasteiger partial charge < -0.3 is 10.4 Å². The number of carbonyl (C=O) groups is 1. The Labute approximate surface area is 115 Å². The molecule has 7 nitrogen and oxygen atoms in total. The van der Waals surface area contributed by atoms with Crippen LogP contribution in [0.4, 0.5) is 5.69 Å². The third kappa shape index (κ3) is 3.43. The normalized spacial score (nSPS) is 11.4. The molecule has 8 heteroatoms. The van der Waals surface area contributed by atoms with Gasteiger partial charge >= 0.3 is 5.97 Å². The monoisotopic (exact) mass is 295 g/mol. The van der Waals surface area contributed by atoms with Gasteiger partial charge in [-0.25, -0.2) is 23.3 Å². The number of rotatable bonds is 5. The van der Waals surface area contributed by atoms with Gasteiger partial charge in [0.25, 0.3) is 0 Å². The van der Waals surface area contributed by atoms with Crippen LogP contribution in [0.5, 0.6) is 0 Å². The van der Waals surface area contributed by atoms with Crippen molar-refractivity contribution in [3.05, 3.63) is 36.0 Å². The van der Waals surface area contributed by atoms with Gasteiger partial charge in [0.2, 0.25) is 10.0 Å². The van der Waals surface area contributed by atoms with Crippen molar-refractivity contribution < 1.29 is 18.3 Å². The van der Waals surface area contributed by atoms with E-state index in [0.29, 0.717) is 16.6 Å². The molecule has 0 spiro atoms. The molecule has 0 aliphatic carbocycles. The zero-order valence-corrected chi connectivity index (χ0v) is 11.2. The molecule has 0 atom stereocenters. The summed E-state index contributed by atoms with van der Waals surface area (Å²) in [6.45, 7) is 0.0892. The lowest BCUT2D eigenvalue weighted by Gasteiger charge is -2.10. The number of nitrogens with zero attached hydrogens (tertiary/aromatic N) is 1. The van der Waals surface area contributed by atoms with Crippen molar-refractivity contribution in [3.8, 4) is 0 Å². The predicted molar refractivity (Wildman–Crippen MR) is 75.2 cm³/mol. The number of benzene rings is 1. The number of nitrogens with two attached hydrogens (primary N) is 1. The van der Waals surface area contributed by atoms with Crippen LogP contribution in [0, 0.1) is 0 Å². The second-order valence-corrected chi connectivity index (χ2v) is 5.91. The average Bonchev–Trinajstić information content (AvgIpc) is 2.36. The molecule has 0 radical (unpaired) electrons. The molecule has 0 saturated carbocycles. The van der Waals surface area contributed by atoms with Crippen LogP contribution >= 0.6 is 0 Å². The van der Waals surface area contributed by atoms with E-state index in [1.165, 1.54) is 6.07 Å². The first-order valence-electron chi connectivity index (χ1n) is 5.74. The summed E-state index contributed by atoms with van der Waals surface area (Å²) in [6, 6.07) is 8.36. The van der Waals surface area contributed by atoms with Crippen LogP contribution in [-0.4, -0.2) is 36.8 Å². The summed E-state index contributed by atoms with van der Waals surface area (Å²) in [5.74, 6) is -1.39. The van der Waals surface area contributed by atoms with E-state index in [1.54, 1.807) is 24.3 Å². The number of nitrogens with one attached hydrogen (secondary N) is 1. The summed E-state index contributed by atoms with van der Waals surface area (Å²) in [5.41, 5.74) is 0.920. The first-order valence-corrected chi connectivity index (χ1v) is 7.46. The SMILES string of the molecule is NS(=O)(=O)CCNc1cc(C(=O)O)nc2ccccc12. The molecule has 20 heavy (non-hydrogen) atoms. The molecule has 0 fully saturated rings. The zero-order chi connectivity index (χ0) is 14.8. The van der Waals surface area contributed by atoms with Crippen molar-refractivity contribution >= 4 is 32.6 Å². The van der Waals surface area contributed by atoms with Crippen LogP contribution < -0.4 is 10.5 Å². The predicted octanol–water partition coefficient (Wildman–Crippen LogP) is 0.633. The van der Waals surface area contributed by atoms with Crippen molar-refractivity contribution in [1.82, 2.24) is 4.98 Å². The molecule has 106 valence electrons. The Balaban J connectivity index is 2.37. The number of anilines is 1. The smallest absolute Gasteiger partial charge is 0.354 e. The molecule has 1 aromatic carbocycles. The van der Waals surface area contributed by atoms with E-state index in [0.717, 1.165) is 0 Å². The number of aromatic nitrogens is 1. The highest BCUT2D eigenvalue weighted by molar-refractivity contribution is 7.89. The first-order chi connectivity index (χ1) is 9.37. The van der Waals surface area contributed by atoms with Gasteiger partial charge in [-0.1, -0.05) is 18.2 Å². The minimum absolute atomic E-state index is 0.0892. The Morgan fingerprint density at radius 1 is 1.35 bits per heavy atom. The Hall–Kier alpha value is -2.19. The molecule has 1 aromatic heterocycles. The summed E-state index contributed by atoms with van der Waals surface area (Å²) < 4.78 is 21.8. The molecule has 0 aliphatic rings. The number of carboxylic acid groups (broad SMARTS) is 1. The summed E-state index contributed by atoms with van der Waals surface area (Å²) in [6.07, 6.45) is 0. The van der Waals surface area contributed by atoms with Crippen molar-refractivity contribution in [2.24, 2.45) is 5.14 Å². The molecule has 0 unspecified atom stereocenters. The highest BCUT2D eigenvalue weighted by Crippen LogP contribution is 2.23. The minimum Gasteiger partial charge on any atom is -0.477 e. The quantitative estimate of drug-likeness (QED) is 0.743. The Morgan fingerprint density at radius 3 is 2.70 bits per heavy atom. The third-order valence-electron chi connectivity index (χ3n) is 2.64. The minimum atomic E-state index is -3.57. The van der Waals surface area contributed by atoms with Crippen LogP contribution in [0.1, 0.15) is 10.5 Å². The number of pyridine rings is 1. The van der Waals surface area contributed by atoms with Crippen LogP contribution in [0.2, 0.25) is 0 Å². The van der Waals surface area contributed by atoms with Crippen LogP contribution in [0.15, 0.2) is 30.3 Å². The second kappa shape index (κ2) is 5.43. The van der Waals surface area contributed by atoms with Gasteiger partial charge in [0.1, 0.15) is 0 Å². The van der Waals surface area contributed by atoms with E-state index in [4.69, 9.17) is 10.2 Å². The lowest BCUT2D eigenvalue weighted by Crippen LogP contribution is -2.22. The summed E-state index contributed by atoms with van der Waals surface area (Å²) in [5, 5.41) is 17.5. The largest absolute Gasteiger partial charge is 0.477 e. The number of para-hydroxylation sites is 1. The van der Waals surface area contributed by atoms with Gasteiger partial charge in [0.05, 0.1) is 11.3 Å². The van der Waals surface area contributed by atoms with Crippen LogP contribution in [0.25, 0.3) is 10.9 Å². The Morgan fingerprint density at radius 2 is 2.05 bits per heavy atom. The Kier molecular flexibility index (Phi) is 3.86. The maximum atomic E-state index is 11.0. The fraction of sp³-hybridized carbons (Fsp3) is 0.167. The fourth-order valence-corrected chi connectivity index (χ4v) is 2.15. The number of primary sulfonamides is 1. The van der Waals surface area contributed by atoms with Crippen molar-refractivity contribution in [2.75, 3.05) is 17.6 Å². The van der Waals surface area contributed by atoms with Crippen LogP contribution in [-0.2, 0) is 10.0 Å². The molecular formula is C12H13N3O4S. The molecule has 0 bridgehead atoms. The lowest BCUT2D eigenvalue weighted by atomic mass is 10.1. The molecular weight excluding hydrogens is 282 g/mol. The maximum Gasteiger partial charge on any atom is 0.354 e. The highest BCUT2D eigenvalue weighted by Gasteiger charge is 2.11. The van der Waals surface area contributed by atoms with Gasteiger partial charge in [0, 0.05) is 17.6 Å². The van der Waals surface area contributed by atoms with E-state index >= 15 is 0 Å². The lowest BCUT2D eigenvalue weighted by molar-refractivity contribution is 0.0691. The molecule has 0 amide bonds. The van der Waals surface area contributed by atoms with E-state index in [9.17, 15) is 13.2 Å². The van der Waals surface area contributed by atoms with E-state index in [2.05, 4.69) is 10.3 Å². The van der Waals surface area contributed by atoms with Gasteiger partial charge in [-0.2, -0.15) is 0 Å². The number of hydrogen-bond donors (Lipinski definition) is 3. The van der Waals surface area contributed by atoms with Crippen molar-refractivity contribution in [1.29, 1.82) is 0 Å². The number of hydrogen-bond acceptors (Lipinski definition) is 5. The molecule has 0 saturated heterocycles. The third-order valence-corrected chi connectivity index (χ3v) is 3.41. The summed E-state index contributed by atoms with van der Waals surface area (Å²) >= 11 is 0. The van der Waals surface area contributed by atoms with E-state index in [-0.39, 0.29) is 18.0 Å². The molecule has 0 aliphatic heterocycles. The number of carboxylic acids is 1.